The summed E-state index contributed by atoms with van der Waals surface area (Å²) in [5, 5.41) is 12.2. The van der Waals surface area contributed by atoms with Crippen molar-refractivity contribution in [1.29, 1.82) is 0 Å². The van der Waals surface area contributed by atoms with Crippen LogP contribution in [0.5, 0.6) is 0 Å². The Hall–Kier alpha value is -3.23. The normalized spacial score (nSPS) is 11.6. The topological polar surface area (TPSA) is 81.2 Å². The number of rotatable bonds is 6. The average molecular weight is 392 g/mol. The number of aromatic carboxylic acids is 1. The number of para-hydroxylation sites is 1. The molecular formula is C19H19F3N4O2. The highest BCUT2D eigenvalue weighted by Gasteiger charge is 2.33. The van der Waals surface area contributed by atoms with E-state index in [4.69, 9.17) is 0 Å². The van der Waals surface area contributed by atoms with Gasteiger partial charge in [0.15, 0.2) is 0 Å². The van der Waals surface area contributed by atoms with Crippen LogP contribution >= 0.6 is 0 Å². The molecule has 9 heteroatoms. The van der Waals surface area contributed by atoms with Crippen molar-refractivity contribution in [3.05, 3.63) is 47.5 Å². The molecule has 148 valence electrons. The van der Waals surface area contributed by atoms with Gasteiger partial charge in [0.25, 0.3) is 0 Å². The van der Waals surface area contributed by atoms with Crippen LogP contribution in [0.1, 0.15) is 29.8 Å². The van der Waals surface area contributed by atoms with E-state index in [2.05, 4.69) is 15.3 Å². The molecule has 0 unspecified atom stereocenters. The van der Waals surface area contributed by atoms with Crippen LogP contribution < -0.4 is 10.2 Å². The number of anilines is 3. The Morgan fingerprint density at radius 3 is 2.50 bits per heavy atom. The minimum absolute atomic E-state index is 0.0970. The largest absolute Gasteiger partial charge is 0.478 e. The molecule has 0 aliphatic carbocycles. The first kappa shape index (κ1) is 19.5. The number of benzene rings is 2. The van der Waals surface area contributed by atoms with Gasteiger partial charge in [-0.15, -0.1) is 0 Å². The molecule has 0 aliphatic heterocycles. The monoisotopic (exact) mass is 392 g/mol. The van der Waals surface area contributed by atoms with Crippen LogP contribution in [0.25, 0.3) is 11.0 Å². The van der Waals surface area contributed by atoms with E-state index in [1.165, 1.54) is 24.3 Å². The van der Waals surface area contributed by atoms with Crippen LogP contribution in [0, 0.1) is 0 Å². The number of carboxylic acids is 1. The summed E-state index contributed by atoms with van der Waals surface area (Å²) in [6.45, 7) is 5.03. The van der Waals surface area contributed by atoms with Crippen LogP contribution in [0.15, 0.2) is 36.4 Å². The first-order valence-electron chi connectivity index (χ1n) is 8.69. The van der Waals surface area contributed by atoms with Crippen molar-refractivity contribution in [2.75, 3.05) is 23.3 Å². The van der Waals surface area contributed by atoms with Crippen molar-refractivity contribution >= 4 is 34.3 Å². The predicted octanol–water partition coefficient (Wildman–Crippen LogP) is 4.87. The zero-order chi connectivity index (χ0) is 20.5. The van der Waals surface area contributed by atoms with E-state index >= 15 is 0 Å². The van der Waals surface area contributed by atoms with Crippen LogP contribution in [0.3, 0.4) is 0 Å². The van der Waals surface area contributed by atoms with Crippen molar-refractivity contribution < 1.29 is 23.1 Å². The SMILES string of the molecule is CCN(CC)c1cc2nc(Nc3ccccc3C(F)(F)F)[nH]c2cc1C(=O)O. The molecule has 0 atom stereocenters. The molecule has 0 amide bonds. The first-order chi connectivity index (χ1) is 13.2. The van der Waals surface area contributed by atoms with Gasteiger partial charge >= 0.3 is 12.1 Å². The number of nitrogens with one attached hydrogen (secondary N) is 2. The lowest BCUT2D eigenvalue weighted by Gasteiger charge is -2.22. The van der Waals surface area contributed by atoms with Gasteiger partial charge in [0.1, 0.15) is 0 Å². The fourth-order valence-corrected chi connectivity index (χ4v) is 3.07. The average Bonchev–Trinajstić information content (AvgIpc) is 3.02. The molecule has 28 heavy (non-hydrogen) atoms. The van der Waals surface area contributed by atoms with Gasteiger partial charge in [-0.1, -0.05) is 12.1 Å². The Morgan fingerprint density at radius 2 is 1.89 bits per heavy atom. The third kappa shape index (κ3) is 3.73. The van der Waals surface area contributed by atoms with E-state index in [0.29, 0.717) is 29.8 Å². The third-order valence-electron chi connectivity index (χ3n) is 4.42. The highest BCUT2D eigenvalue weighted by atomic mass is 19.4. The smallest absolute Gasteiger partial charge is 0.418 e. The van der Waals surface area contributed by atoms with Gasteiger partial charge in [-0.3, -0.25) is 0 Å². The number of nitrogens with zero attached hydrogens (tertiary/aromatic N) is 2. The number of alkyl halides is 3. The fourth-order valence-electron chi connectivity index (χ4n) is 3.07. The molecule has 0 fully saturated rings. The fraction of sp³-hybridized carbons (Fsp3) is 0.263. The third-order valence-corrected chi connectivity index (χ3v) is 4.42. The summed E-state index contributed by atoms with van der Waals surface area (Å²) in [6.07, 6.45) is -4.51. The Bertz CT molecular complexity index is 1010. The van der Waals surface area contributed by atoms with E-state index < -0.39 is 17.7 Å². The molecule has 3 rings (SSSR count). The molecule has 3 N–H and O–H groups in total. The lowest BCUT2D eigenvalue weighted by Crippen LogP contribution is -2.24. The number of halogens is 3. The Labute approximate surface area is 159 Å². The van der Waals surface area contributed by atoms with E-state index in [1.807, 2.05) is 18.7 Å². The Morgan fingerprint density at radius 1 is 1.21 bits per heavy atom. The second-order valence-corrected chi connectivity index (χ2v) is 6.12. The molecule has 0 spiro atoms. The van der Waals surface area contributed by atoms with E-state index in [1.54, 1.807) is 6.07 Å². The van der Waals surface area contributed by atoms with Gasteiger partial charge in [0, 0.05) is 13.1 Å². The number of imidazole rings is 1. The second kappa shape index (κ2) is 7.41. The molecule has 2 aromatic carbocycles. The molecule has 6 nitrogen and oxygen atoms in total. The summed E-state index contributed by atoms with van der Waals surface area (Å²) in [6, 6.07) is 8.15. The molecule has 0 bridgehead atoms. The zero-order valence-corrected chi connectivity index (χ0v) is 15.3. The molecule has 0 aliphatic rings. The minimum atomic E-state index is -4.51. The lowest BCUT2D eigenvalue weighted by atomic mass is 10.1. The Kier molecular flexibility index (Phi) is 5.17. The quantitative estimate of drug-likeness (QED) is 0.558. The van der Waals surface area contributed by atoms with Crippen LogP contribution in [-0.2, 0) is 6.18 Å². The molecule has 0 saturated carbocycles. The number of carbonyl (C=O) groups is 1. The highest BCUT2D eigenvalue weighted by Crippen LogP contribution is 2.36. The number of aromatic nitrogens is 2. The predicted molar refractivity (Wildman–Crippen MR) is 101 cm³/mol. The van der Waals surface area contributed by atoms with E-state index in [-0.39, 0.29) is 17.2 Å². The Balaban J connectivity index is 2.05. The number of H-pyrrole nitrogens is 1. The summed E-state index contributed by atoms with van der Waals surface area (Å²) >= 11 is 0. The molecule has 3 aromatic rings. The number of hydrogen-bond donors (Lipinski definition) is 3. The van der Waals surface area contributed by atoms with Crippen LogP contribution in [0.4, 0.5) is 30.5 Å². The number of aromatic amines is 1. The van der Waals surface area contributed by atoms with Crippen molar-refractivity contribution in [2.45, 2.75) is 20.0 Å². The maximum Gasteiger partial charge on any atom is 0.418 e. The van der Waals surface area contributed by atoms with Gasteiger partial charge in [0.05, 0.1) is 33.5 Å². The van der Waals surface area contributed by atoms with Crippen molar-refractivity contribution in [3.8, 4) is 0 Å². The maximum atomic E-state index is 13.2. The maximum absolute atomic E-state index is 13.2. The minimum Gasteiger partial charge on any atom is -0.478 e. The van der Waals surface area contributed by atoms with Gasteiger partial charge in [-0.25, -0.2) is 9.78 Å². The first-order valence-corrected chi connectivity index (χ1v) is 8.69. The van der Waals surface area contributed by atoms with E-state index in [0.717, 1.165) is 6.07 Å². The van der Waals surface area contributed by atoms with Gasteiger partial charge in [-0.2, -0.15) is 13.2 Å². The summed E-state index contributed by atoms with van der Waals surface area (Å²) in [7, 11) is 0. The van der Waals surface area contributed by atoms with Gasteiger partial charge in [0.2, 0.25) is 5.95 Å². The number of carboxylic acid groups (broad SMARTS) is 1. The highest BCUT2D eigenvalue weighted by molar-refractivity contribution is 6.00. The summed E-state index contributed by atoms with van der Waals surface area (Å²) < 4.78 is 39.5. The van der Waals surface area contributed by atoms with Crippen LogP contribution in [0.2, 0.25) is 0 Å². The number of fused-ring (bicyclic) bond motifs is 1. The number of hydrogen-bond acceptors (Lipinski definition) is 4. The second-order valence-electron chi connectivity index (χ2n) is 6.12. The van der Waals surface area contributed by atoms with Gasteiger partial charge < -0.3 is 20.3 Å². The van der Waals surface area contributed by atoms with Crippen LogP contribution in [-0.4, -0.2) is 34.1 Å². The summed E-state index contributed by atoms with van der Waals surface area (Å²) in [4.78, 5) is 20.7. The molecule has 1 aromatic heterocycles. The lowest BCUT2D eigenvalue weighted by molar-refractivity contribution is -0.136. The molecular weight excluding hydrogens is 373 g/mol. The van der Waals surface area contributed by atoms with Gasteiger partial charge in [-0.05, 0) is 38.1 Å². The van der Waals surface area contributed by atoms with Crippen molar-refractivity contribution in [1.82, 2.24) is 9.97 Å². The summed E-state index contributed by atoms with van der Waals surface area (Å²) in [5.74, 6) is -0.991. The molecule has 0 radical (unpaired) electrons. The molecule has 0 saturated heterocycles. The van der Waals surface area contributed by atoms with Crippen molar-refractivity contribution in [3.63, 3.8) is 0 Å². The van der Waals surface area contributed by atoms with E-state index in [9.17, 15) is 23.1 Å². The zero-order valence-electron chi connectivity index (χ0n) is 15.3. The molecule has 1 heterocycles. The van der Waals surface area contributed by atoms with Crippen molar-refractivity contribution in [2.24, 2.45) is 0 Å². The summed E-state index contributed by atoms with van der Waals surface area (Å²) in [5.41, 5.74) is 0.530. The standard InChI is InChI=1S/C19H19F3N4O2/c1-3-26(4-2)16-10-15-14(9-11(16)17(27)28)24-18(25-15)23-13-8-6-5-7-12(13)19(20,21)22/h5-10H,3-4H2,1-2H3,(H,27,28)(H2,23,24,25).